The molecule has 5 N–H and O–H groups in total. The number of amides is 1. The van der Waals surface area contributed by atoms with Crippen LogP contribution in [0.25, 0.3) is 0 Å². The molecule has 1 aromatic carbocycles. The molecule has 0 aliphatic carbocycles. The van der Waals surface area contributed by atoms with Gasteiger partial charge in [-0.25, -0.2) is 4.98 Å². The molecular weight excluding hydrogens is 350 g/mol. The number of piperidine rings is 1. The largest absolute Gasteiger partial charge is 0.382 e. The van der Waals surface area contributed by atoms with Gasteiger partial charge in [-0.1, -0.05) is 30.0 Å². The summed E-state index contributed by atoms with van der Waals surface area (Å²) in [6.45, 7) is 3.48. The minimum absolute atomic E-state index is 0.00939. The lowest BCUT2D eigenvalue weighted by Gasteiger charge is -2.23. The fourth-order valence-corrected chi connectivity index (χ4v) is 3.94. The number of hydrogen-bond donors (Lipinski definition) is 4. The number of hydrogen-bond acceptors (Lipinski definition) is 5. The van der Waals surface area contributed by atoms with Crippen LogP contribution in [0.2, 0.25) is 0 Å². The molecule has 8 heteroatoms. The van der Waals surface area contributed by atoms with Gasteiger partial charge in [0.2, 0.25) is 0 Å². The summed E-state index contributed by atoms with van der Waals surface area (Å²) in [4.78, 5) is 33.0. The van der Waals surface area contributed by atoms with E-state index in [9.17, 15) is 9.59 Å². The number of aromatic amines is 1. The second-order valence-corrected chi connectivity index (χ2v) is 7.44. The van der Waals surface area contributed by atoms with E-state index in [0.717, 1.165) is 12.3 Å². The van der Waals surface area contributed by atoms with Crippen molar-refractivity contribution in [2.75, 3.05) is 36.4 Å². The van der Waals surface area contributed by atoms with Crippen LogP contribution in [0.3, 0.4) is 0 Å². The molecule has 1 saturated heterocycles. The van der Waals surface area contributed by atoms with Crippen molar-refractivity contribution in [3.63, 3.8) is 0 Å². The van der Waals surface area contributed by atoms with Gasteiger partial charge in [-0.2, -0.15) is 0 Å². The van der Waals surface area contributed by atoms with Crippen molar-refractivity contribution < 1.29 is 9.69 Å². The molecule has 0 saturated carbocycles. The van der Waals surface area contributed by atoms with Crippen LogP contribution in [0, 0.1) is 0 Å². The van der Waals surface area contributed by atoms with Crippen molar-refractivity contribution in [1.82, 2.24) is 9.97 Å². The molecule has 0 atom stereocenters. The van der Waals surface area contributed by atoms with Crippen molar-refractivity contribution in [2.45, 2.75) is 24.4 Å². The lowest BCUT2D eigenvalue weighted by molar-refractivity contribution is -0.902. The van der Waals surface area contributed by atoms with E-state index in [1.54, 1.807) is 29.2 Å². The molecule has 1 aromatic heterocycles. The number of aromatic nitrogens is 2. The monoisotopic (exact) mass is 374 g/mol. The molecule has 2 heterocycles. The Morgan fingerprint density at radius 1 is 1.23 bits per heavy atom. The summed E-state index contributed by atoms with van der Waals surface area (Å²) >= 11 is 1.49. The number of anilines is 2. The number of nitrogens with one attached hydrogen (secondary N) is 3. The third kappa shape index (κ3) is 4.86. The summed E-state index contributed by atoms with van der Waals surface area (Å²) in [6, 6.07) is 8.66. The van der Waals surface area contributed by atoms with Gasteiger partial charge < -0.3 is 16.0 Å². The Labute approximate surface area is 156 Å². The number of thioether (sulfide) groups is 1. The Morgan fingerprint density at radius 2 is 1.96 bits per heavy atom. The normalized spacial score (nSPS) is 14.9. The number of nitrogens with zero attached hydrogens (tertiary/aromatic N) is 1. The molecule has 1 aliphatic rings. The molecule has 0 spiro atoms. The number of benzene rings is 1. The Morgan fingerprint density at radius 3 is 2.65 bits per heavy atom. The first kappa shape index (κ1) is 18.5. The summed E-state index contributed by atoms with van der Waals surface area (Å²) in [5.74, 6) is 0.512. The van der Waals surface area contributed by atoms with Crippen LogP contribution in [-0.4, -0.2) is 41.3 Å². The van der Waals surface area contributed by atoms with E-state index in [0.29, 0.717) is 10.7 Å². The second-order valence-electron chi connectivity index (χ2n) is 6.36. The van der Waals surface area contributed by atoms with Crippen LogP contribution in [0.15, 0.2) is 40.3 Å². The van der Waals surface area contributed by atoms with E-state index in [-0.39, 0.29) is 11.5 Å². The van der Waals surface area contributed by atoms with Crippen LogP contribution >= 0.6 is 11.8 Å². The highest BCUT2D eigenvalue weighted by Gasteiger charge is 2.16. The predicted octanol–water partition coefficient (Wildman–Crippen LogP) is 0.765. The lowest BCUT2D eigenvalue weighted by Crippen LogP contribution is -3.13. The highest BCUT2D eigenvalue weighted by molar-refractivity contribution is 7.99. The average molecular weight is 374 g/mol. The van der Waals surface area contributed by atoms with Crippen LogP contribution < -0.4 is 21.5 Å². The number of carbonyl (C=O) groups excluding carboxylic acids is 1. The number of likely N-dealkylation sites (tertiary alicyclic amines) is 1. The Balaban J connectivity index is 1.60. The van der Waals surface area contributed by atoms with Gasteiger partial charge in [0.25, 0.3) is 11.5 Å². The van der Waals surface area contributed by atoms with Gasteiger partial charge in [0.1, 0.15) is 5.69 Å². The van der Waals surface area contributed by atoms with Crippen molar-refractivity contribution in [3.8, 4) is 0 Å². The van der Waals surface area contributed by atoms with E-state index in [1.165, 1.54) is 44.1 Å². The van der Waals surface area contributed by atoms with Gasteiger partial charge in [-0.3, -0.25) is 14.6 Å². The smallest absolute Gasteiger partial charge is 0.277 e. The minimum Gasteiger partial charge on any atom is -0.382 e. The maximum Gasteiger partial charge on any atom is 0.277 e. The summed E-state index contributed by atoms with van der Waals surface area (Å²) in [6.07, 6.45) is 3.91. The number of rotatable bonds is 6. The molecule has 0 radical (unpaired) electrons. The summed E-state index contributed by atoms with van der Waals surface area (Å²) in [5.41, 5.74) is 5.91. The van der Waals surface area contributed by atoms with Crippen LogP contribution in [-0.2, 0) is 0 Å². The first-order valence-corrected chi connectivity index (χ1v) is 9.84. The maximum absolute atomic E-state index is 12.3. The molecular formula is C18H24N5O2S+. The lowest BCUT2D eigenvalue weighted by atomic mass is 10.1. The highest BCUT2D eigenvalue weighted by Crippen LogP contribution is 2.16. The molecule has 7 nitrogen and oxygen atoms in total. The van der Waals surface area contributed by atoms with Gasteiger partial charge in [0.05, 0.1) is 25.4 Å². The van der Waals surface area contributed by atoms with E-state index < -0.39 is 11.5 Å². The first-order chi connectivity index (χ1) is 12.6. The number of nitrogen functional groups attached to an aromatic ring is 1. The number of quaternary nitrogens is 1. The quantitative estimate of drug-likeness (QED) is 0.441. The van der Waals surface area contributed by atoms with Crippen LogP contribution in [0.5, 0.6) is 0 Å². The zero-order valence-corrected chi connectivity index (χ0v) is 15.4. The van der Waals surface area contributed by atoms with Gasteiger partial charge in [0.15, 0.2) is 11.0 Å². The zero-order valence-electron chi connectivity index (χ0n) is 14.6. The molecule has 1 aliphatic heterocycles. The summed E-state index contributed by atoms with van der Waals surface area (Å²) < 4.78 is 0. The van der Waals surface area contributed by atoms with Gasteiger partial charge in [0, 0.05) is 5.56 Å². The molecule has 2 aromatic rings. The van der Waals surface area contributed by atoms with Gasteiger partial charge in [-0.05, 0) is 31.4 Å². The molecule has 3 rings (SSSR count). The molecule has 1 fully saturated rings. The summed E-state index contributed by atoms with van der Waals surface area (Å²) in [5, 5.41) is 3.03. The van der Waals surface area contributed by atoms with Crippen LogP contribution in [0.1, 0.15) is 29.6 Å². The zero-order chi connectivity index (χ0) is 18.4. The van der Waals surface area contributed by atoms with Crippen molar-refractivity contribution in [3.05, 3.63) is 46.2 Å². The number of H-pyrrole nitrogens is 1. The van der Waals surface area contributed by atoms with Crippen LogP contribution in [0.4, 0.5) is 11.5 Å². The molecule has 26 heavy (non-hydrogen) atoms. The maximum atomic E-state index is 12.3. The van der Waals surface area contributed by atoms with E-state index in [4.69, 9.17) is 5.73 Å². The topological polar surface area (TPSA) is 105 Å². The van der Waals surface area contributed by atoms with Gasteiger partial charge in [-0.15, -0.1) is 0 Å². The van der Waals surface area contributed by atoms with Gasteiger partial charge >= 0.3 is 0 Å². The van der Waals surface area contributed by atoms with Crippen molar-refractivity contribution in [1.29, 1.82) is 0 Å². The predicted molar refractivity (Wildman–Crippen MR) is 104 cm³/mol. The average Bonchev–Trinajstić information content (AvgIpc) is 2.66. The number of carbonyl (C=O) groups is 1. The Kier molecular flexibility index (Phi) is 6.30. The van der Waals surface area contributed by atoms with E-state index in [1.807, 2.05) is 6.07 Å². The number of nitrogens with two attached hydrogens (primary N) is 1. The van der Waals surface area contributed by atoms with E-state index >= 15 is 0 Å². The Hall–Kier alpha value is -2.32. The first-order valence-electron chi connectivity index (χ1n) is 8.86. The van der Waals surface area contributed by atoms with E-state index in [2.05, 4.69) is 15.3 Å². The molecule has 138 valence electrons. The molecule has 0 bridgehead atoms. The van der Waals surface area contributed by atoms with Crippen molar-refractivity contribution in [2.24, 2.45) is 0 Å². The van der Waals surface area contributed by atoms with Crippen molar-refractivity contribution >= 4 is 29.2 Å². The Bertz CT molecular complexity index is 803. The SMILES string of the molecule is Nc1nc(SCC[NH+]2CCCCC2)[nH]c(=O)c1NC(=O)c1ccccc1. The highest BCUT2D eigenvalue weighted by atomic mass is 32.2. The second kappa shape index (κ2) is 8.86. The summed E-state index contributed by atoms with van der Waals surface area (Å²) in [7, 11) is 0. The minimum atomic E-state index is -0.436. The molecule has 0 unspecified atom stereocenters. The third-order valence-electron chi connectivity index (χ3n) is 4.46. The molecule has 1 amide bonds. The third-order valence-corrected chi connectivity index (χ3v) is 5.33. The standard InChI is InChI=1S/C18H23N5O2S/c19-15-14(20-16(24)13-7-3-1-4-8-13)17(25)22-18(21-15)26-12-11-23-9-5-2-6-10-23/h1,3-4,7-8H,2,5-6,9-12H2,(H,20,24)(H3,19,21,22,25)/p+1. The fourth-order valence-electron chi connectivity index (χ4n) is 3.03. The fraction of sp³-hybridized carbons (Fsp3) is 0.389.